The number of benzene rings is 2. The molecule has 0 bridgehead atoms. The first-order valence-corrected chi connectivity index (χ1v) is 13.9. The summed E-state index contributed by atoms with van der Waals surface area (Å²) < 4.78 is 21.5. The molecule has 224 valence electrons. The van der Waals surface area contributed by atoms with E-state index in [2.05, 4.69) is 4.90 Å². The summed E-state index contributed by atoms with van der Waals surface area (Å²) in [5, 5.41) is 0. The lowest BCUT2D eigenvalue weighted by molar-refractivity contribution is -0.151. The molecule has 2 amide bonds. The summed E-state index contributed by atoms with van der Waals surface area (Å²) in [4.78, 5) is 31.1. The number of amides is 2. The molecular weight excluding hydrogens is 510 g/mol. The molecule has 0 aliphatic carbocycles. The molecule has 1 heterocycles. The SMILES string of the molecule is CC.CC.COc1cc(CN2CCC(C(=O)N(C)Cc3cc(OC)cc(OC)c3)(N(C)C=O)CC2)cc(OC)c1. The molecule has 1 fully saturated rings. The van der Waals surface area contributed by atoms with Gasteiger partial charge in [0.05, 0.1) is 28.4 Å². The van der Waals surface area contributed by atoms with Crippen LogP contribution in [-0.2, 0) is 22.7 Å². The van der Waals surface area contributed by atoms with Crippen molar-refractivity contribution < 1.29 is 28.5 Å². The molecule has 40 heavy (non-hydrogen) atoms. The fourth-order valence-corrected chi connectivity index (χ4v) is 4.77. The molecule has 0 spiro atoms. The third-order valence-corrected chi connectivity index (χ3v) is 6.91. The molecule has 3 rings (SSSR count). The van der Waals surface area contributed by atoms with E-state index in [9.17, 15) is 9.59 Å². The van der Waals surface area contributed by atoms with E-state index in [4.69, 9.17) is 18.9 Å². The molecule has 0 N–H and O–H groups in total. The van der Waals surface area contributed by atoms with Crippen LogP contribution in [0.1, 0.15) is 51.7 Å². The second-order valence-electron chi connectivity index (χ2n) is 9.13. The lowest BCUT2D eigenvalue weighted by atomic mass is 9.84. The van der Waals surface area contributed by atoms with Crippen LogP contribution in [0.4, 0.5) is 0 Å². The number of rotatable bonds is 11. The van der Waals surface area contributed by atoms with Gasteiger partial charge in [0.25, 0.3) is 0 Å². The van der Waals surface area contributed by atoms with Gasteiger partial charge in [-0.25, -0.2) is 0 Å². The zero-order valence-corrected chi connectivity index (χ0v) is 26.1. The summed E-state index contributed by atoms with van der Waals surface area (Å²) >= 11 is 0. The van der Waals surface area contributed by atoms with E-state index in [0.717, 1.165) is 29.0 Å². The van der Waals surface area contributed by atoms with E-state index in [1.165, 1.54) is 4.90 Å². The van der Waals surface area contributed by atoms with E-state index in [-0.39, 0.29) is 5.91 Å². The van der Waals surface area contributed by atoms with Crippen LogP contribution in [0.25, 0.3) is 0 Å². The van der Waals surface area contributed by atoms with Crippen LogP contribution < -0.4 is 18.9 Å². The number of likely N-dealkylation sites (tertiary alicyclic amines) is 1. The van der Waals surface area contributed by atoms with Crippen LogP contribution in [-0.4, -0.2) is 88.2 Å². The van der Waals surface area contributed by atoms with E-state index in [0.29, 0.717) is 50.5 Å². The minimum atomic E-state index is -0.901. The third kappa shape index (κ3) is 8.78. The molecule has 2 aromatic rings. The van der Waals surface area contributed by atoms with E-state index >= 15 is 0 Å². The molecular formula is C31H49N3O6. The number of likely N-dealkylation sites (N-methyl/N-ethyl adjacent to an activating group) is 2. The number of ether oxygens (including phenoxy) is 4. The fourth-order valence-electron chi connectivity index (χ4n) is 4.77. The first-order chi connectivity index (χ1) is 19.3. The Labute approximate surface area is 240 Å². The maximum absolute atomic E-state index is 13.8. The summed E-state index contributed by atoms with van der Waals surface area (Å²) in [6, 6.07) is 11.4. The van der Waals surface area contributed by atoms with E-state index in [1.54, 1.807) is 53.5 Å². The minimum Gasteiger partial charge on any atom is -0.497 e. The molecule has 2 aromatic carbocycles. The highest BCUT2D eigenvalue weighted by Crippen LogP contribution is 2.32. The van der Waals surface area contributed by atoms with Crippen LogP contribution in [0.3, 0.4) is 0 Å². The monoisotopic (exact) mass is 559 g/mol. The van der Waals surface area contributed by atoms with Gasteiger partial charge in [0, 0.05) is 52.4 Å². The Kier molecular flexibility index (Phi) is 14.9. The first-order valence-electron chi connectivity index (χ1n) is 13.9. The van der Waals surface area contributed by atoms with Crippen molar-refractivity contribution in [1.82, 2.24) is 14.7 Å². The van der Waals surface area contributed by atoms with Crippen molar-refractivity contribution in [1.29, 1.82) is 0 Å². The Morgan fingerprint density at radius 1 is 0.775 bits per heavy atom. The van der Waals surface area contributed by atoms with Gasteiger partial charge in [0.2, 0.25) is 12.3 Å². The van der Waals surface area contributed by atoms with Gasteiger partial charge < -0.3 is 28.7 Å². The van der Waals surface area contributed by atoms with Crippen molar-refractivity contribution in [2.45, 2.75) is 59.2 Å². The fraction of sp³-hybridized carbons (Fsp3) is 0.548. The summed E-state index contributed by atoms with van der Waals surface area (Å²) in [5.74, 6) is 2.71. The summed E-state index contributed by atoms with van der Waals surface area (Å²) in [6.45, 7) is 10.4. The standard InChI is InChI=1S/C27H37N3O6.2C2H6/c1-28(17-20-11-22(33-3)15-23(12-20)34-4)26(32)27(29(2)19-31)7-9-30(10-8-27)18-21-13-24(35-5)16-25(14-21)36-6;2*1-2/h11-16,19H,7-10,17-18H2,1-6H3;2*1-2H3. The van der Waals surface area contributed by atoms with Crippen LogP contribution in [0.5, 0.6) is 23.0 Å². The van der Waals surface area contributed by atoms with Gasteiger partial charge in [-0.1, -0.05) is 27.7 Å². The zero-order valence-electron chi connectivity index (χ0n) is 26.1. The zero-order chi connectivity index (χ0) is 30.3. The second-order valence-corrected chi connectivity index (χ2v) is 9.13. The molecule has 1 aliphatic heterocycles. The average molecular weight is 560 g/mol. The molecule has 9 nitrogen and oxygen atoms in total. The smallest absolute Gasteiger partial charge is 0.248 e. The van der Waals surface area contributed by atoms with E-state index in [1.807, 2.05) is 58.0 Å². The van der Waals surface area contributed by atoms with Crippen molar-refractivity contribution in [2.75, 3.05) is 55.6 Å². The van der Waals surface area contributed by atoms with E-state index < -0.39 is 5.54 Å². The van der Waals surface area contributed by atoms with Crippen molar-refractivity contribution >= 4 is 12.3 Å². The second kappa shape index (κ2) is 17.3. The molecule has 0 aromatic heterocycles. The van der Waals surface area contributed by atoms with Crippen molar-refractivity contribution in [3.05, 3.63) is 47.5 Å². The highest BCUT2D eigenvalue weighted by molar-refractivity contribution is 5.88. The lowest BCUT2D eigenvalue weighted by Crippen LogP contribution is -2.61. The van der Waals surface area contributed by atoms with Gasteiger partial charge in [-0.2, -0.15) is 0 Å². The molecule has 1 saturated heterocycles. The van der Waals surface area contributed by atoms with Gasteiger partial charge in [-0.05, 0) is 48.2 Å². The van der Waals surface area contributed by atoms with Crippen LogP contribution in [0, 0.1) is 0 Å². The van der Waals surface area contributed by atoms with Crippen molar-refractivity contribution in [3.63, 3.8) is 0 Å². The highest BCUT2D eigenvalue weighted by Gasteiger charge is 2.46. The average Bonchev–Trinajstić information content (AvgIpc) is 3.02. The number of piperidine rings is 1. The summed E-state index contributed by atoms with van der Waals surface area (Å²) in [5.41, 5.74) is 1.05. The third-order valence-electron chi connectivity index (χ3n) is 6.91. The van der Waals surface area contributed by atoms with Crippen LogP contribution >= 0.6 is 0 Å². The van der Waals surface area contributed by atoms with Crippen molar-refractivity contribution in [2.24, 2.45) is 0 Å². The molecule has 0 saturated carbocycles. The molecule has 0 radical (unpaired) electrons. The van der Waals surface area contributed by atoms with Crippen LogP contribution in [0.15, 0.2) is 36.4 Å². The van der Waals surface area contributed by atoms with Crippen molar-refractivity contribution in [3.8, 4) is 23.0 Å². The number of carbonyl (C=O) groups excluding carboxylic acids is 2. The predicted octanol–water partition coefficient (Wildman–Crippen LogP) is 4.85. The Bertz CT molecular complexity index is 1010. The normalized spacial score (nSPS) is 13.8. The summed E-state index contributed by atoms with van der Waals surface area (Å²) in [7, 11) is 9.91. The number of hydrogen-bond acceptors (Lipinski definition) is 7. The minimum absolute atomic E-state index is 0.0819. The number of methoxy groups -OCH3 is 4. The predicted molar refractivity (Wildman–Crippen MR) is 159 cm³/mol. The maximum Gasteiger partial charge on any atom is 0.248 e. The Hall–Kier alpha value is -3.46. The maximum atomic E-state index is 13.8. The van der Waals surface area contributed by atoms with Crippen LogP contribution in [0.2, 0.25) is 0 Å². The van der Waals surface area contributed by atoms with Gasteiger partial charge in [-0.15, -0.1) is 0 Å². The Balaban J connectivity index is 0.00000191. The summed E-state index contributed by atoms with van der Waals surface area (Å²) in [6.07, 6.45) is 1.82. The van der Waals surface area contributed by atoms with Gasteiger partial charge in [-0.3, -0.25) is 14.5 Å². The number of hydrogen-bond donors (Lipinski definition) is 0. The van der Waals surface area contributed by atoms with Gasteiger partial charge in [0.15, 0.2) is 0 Å². The molecule has 0 unspecified atom stereocenters. The highest BCUT2D eigenvalue weighted by atomic mass is 16.5. The molecule has 0 atom stereocenters. The van der Waals surface area contributed by atoms with Gasteiger partial charge in [0.1, 0.15) is 28.5 Å². The lowest BCUT2D eigenvalue weighted by Gasteiger charge is -2.46. The first kappa shape index (κ1) is 34.6. The molecule has 1 aliphatic rings. The Morgan fingerprint density at radius 3 is 1.55 bits per heavy atom. The number of nitrogens with zero attached hydrogens (tertiary/aromatic N) is 3. The largest absolute Gasteiger partial charge is 0.497 e. The topological polar surface area (TPSA) is 80.8 Å². The Morgan fingerprint density at radius 2 is 1.18 bits per heavy atom. The number of carbonyl (C=O) groups is 2. The molecule has 9 heteroatoms. The quantitative estimate of drug-likeness (QED) is 0.364. The van der Waals surface area contributed by atoms with Gasteiger partial charge >= 0.3 is 0 Å².